The van der Waals surface area contributed by atoms with E-state index in [1.165, 1.54) is 11.1 Å². The van der Waals surface area contributed by atoms with Gasteiger partial charge in [0.15, 0.2) is 0 Å². The molecule has 0 spiro atoms. The van der Waals surface area contributed by atoms with Crippen LogP contribution in [0.15, 0.2) is 42.5 Å². The van der Waals surface area contributed by atoms with E-state index in [1.807, 2.05) is 24.3 Å². The average molecular weight is 256 g/mol. The molecule has 2 aromatic carbocycles. The summed E-state index contributed by atoms with van der Waals surface area (Å²) in [5.41, 5.74) is 10.3. The number of benzene rings is 2. The monoisotopic (exact) mass is 256 g/mol. The van der Waals surface area contributed by atoms with Crippen molar-refractivity contribution in [3.8, 4) is 5.75 Å². The quantitative estimate of drug-likeness (QED) is 0.854. The minimum atomic E-state index is 0.794. The molecule has 0 saturated heterocycles. The first-order valence-electron chi connectivity index (χ1n) is 6.30. The zero-order valence-corrected chi connectivity index (χ0v) is 11.7. The molecule has 0 unspecified atom stereocenters. The number of nitrogen functional groups attached to an aromatic ring is 1. The number of hydrogen-bond acceptors (Lipinski definition) is 3. The highest BCUT2D eigenvalue weighted by Crippen LogP contribution is 2.23. The summed E-state index contributed by atoms with van der Waals surface area (Å²) in [6.07, 6.45) is 0. The van der Waals surface area contributed by atoms with Crippen LogP contribution in [0, 0.1) is 6.92 Å². The van der Waals surface area contributed by atoms with Crippen molar-refractivity contribution in [2.24, 2.45) is 0 Å². The Labute approximate surface area is 114 Å². The van der Waals surface area contributed by atoms with E-state index in [0.717, 1.165) is 23.7 Å². The van der Waals surface area contributed by atoms with Crippen molar-refractivity contribution in [3.05, 3.63) is 53.6 Å². The molecule has 100 valence electrons. The van der Waals surface area contributed by atoms with Crippen molar-refractivity contribution >= 4 is 11.4 Å². The van der Waals surface area contributed by atoms with E-state index in [0.29, 0.717) is 0 Å². The highest BCUT2D eigenvalue weighted by atomic mass is 16.5. The second kappa shape index (κ2) is 5.65. The molecule has 19 heavy (non-hydrogen) atoms. The van der Waals surface area contributed by atoms with E-state index >= 15 is 0 Å². The standard InChI is InChI=1S/C16H20N2O/c1-12-4-7-14(17)10-16(12)18(2)11-13-5-8-15(19-3)9-6-13/h4-10H,11,17H2,1-3H3. The fourth-order valence-electron chi connectivity index (χ4n) is 2.13. The van der Waals surface area contributed by atoms with Crippen LogP contribution in [0.4, 0.5) is 11.4 Å². The van der Waals surface area contributed by atoms with E-state index in [1.54, 1.807) is 7.11 Å². The summed E-state index contributed by atoms with van der Waals surface area (Å²) in [4.78, 5) is 2.20. The Morgan fingerprint density at radius 1 is 1.11 bits per heavy atom. The molecular formula is C16H20N2O. The van der Waals surface area contributed by atoms with Gasteiger partial charge in [-0.25, -0.2) is 0 Å². The molecule has 0 aromatic heterocycles. The van der Waals surface area contributed by atoms with Crippen LogP contribution in [0.3, 0.4) is 0 Å². The molecule has 0 bridgehead atoms. The molecule has 2 aromatic rings. The predicted molar refractivity (Wildman–Crippen MR) is 80.7 cm³/mol. The lowest BCUT2D eigenvalue weighted by Crippen LogP contribution is -2.17. The lowest BCUT2D eigenvalue weighted by molar-refractivity contribution is 0.414. The number of methoxy groups -OCH3 is 1. The van der Waals surface area contributed by atoms with Crippen molar-refractivity contribution in [2.45, 2.75) is 13.5 Å². The van der Waals surface area contributed by atoms with Crippen LogP contribution in [0.1, 0.15) is 11.1 Å². The summed E-state index contributed by atoms with van der Waals surface area (Å²) in [5, 5.41) is 0. The number of nitrogens with zero attached hydrogens (tertiary/aromatic N) is 1. The maximum atomic E-state index is 5.85. The SMILES string of the molecule is COc1ccc(CN(C)c2cc(N)ccc2C)cc1. The zero-order chi connectivity index (χ0) is 13.8. The van der Waals surface area contributed by atoms with Crippen molar-refractivity contribution < 1.29 is 4.74 Å². The number of anilines is 2. The molecule has 0 aliphatic carbocycles. The van der Waals surface area contributed by atoms with E-state index in [2.05, 4.69) is 37.1 Å². The molecular weight excluding hydrogens is 236 g/mol. The van der Waals surface area contributed by atoms with Crippen molar-refractivity contribution in [3.63, 3.8) is 0 Å². The molecule has 2 rings (SSSR count). The Bertz CT molecular complexity index is 549. The van der Waals surface area contributed by atoms with Crippen LogP contribution >= 0.6 is 0 Å². The Morgan fingerprint density at radius 3 is 2.42 bits per heavy atom. The number of aryl methyl sites for hydroxylation is 1. The third-order valence-electron chi connectivity index (χ3n) is 3.22. The molecule has 0 saturated carbocycles. The first-order valence-corrected chi connectivity index (χ1v) is 6.30. The number of ether oxygens (including phenoxy) is 1. The second-order valence-corrected chi connectivity index (χ2v) is 4.75. The van der Waals surface area contributed by atoms with Crippen LogP contribution < -0.4 is 15.4 Å². The molecule has 0 heterocycles. The number of hydrogen-bond donors (Lipinski definition) is 1. The van der Waals surface area contributed by atoms with Crippen LogP contribution in [-0.4, -0.2) is 14.2 Å². The van der Waals surface area contributed by atoms with Crippen LogP contribution in [-0.2, 0) is 6.54 Å². The van der Waals surface area contributed by atoms with Gasteiger partial charge in [0.25, 0.3) is 0 Å². The molecule has 0 amide bonds. The van der Waals surface area contributed by atoms with Crippen LogP contribution in [0.25, 0.3) is 0 Å². The van der Waals surface area contributed by atoms with E-state index in [-0.39, 0.29) is 0 Å². The summed E-state index contributed by atoms with van der Waals surface area (Å²) in [5.74, 6) is 0.881. The summed E-state index contributed by atoms with van der Waals surface area (Å²) < 4.78 is 5.16. The largest absolute Gasteiger partial charge is 0.497 e. The van der Waals surface area contributed by atoms with Gasteiger partial charge < -0.3 is 15.4 Å². The summed E-state index contributed by atoms with van der Waals surface area (Å²) >= 11 is 0. The Kier molecular flexibility index (Phi) is 3.95. The Balaban J connectivity index is 2.15. The zero-order valence-electron chi connectivity index (χ0n) is 11.7. The van der Waals surface area contributed by atoms with E-state index in [4.69, 9.17) is 10.5 Å². The molecule has 0 atom stereocenters. The molecule has 3 nitrogen and oxygen atoms in total. The van der Waals surface area contributed by atoms with Crippen molar-refractivity contribution in [1.29, 1.82) is 0 Å². The van der Waals surface area contributed by atoms with Gasteiger partial charge in [-0.05, 0) is 42.3 Å². The van der Waals surface area contributed by atoms with Gasteiger partial charge in [-0.3, -0.25) is 0 Å². The van der Waals surface area contributed by atoms with Gasteiger partial charge in [-0.1, -0.05) is 18.2 Å². The number of nitrogens with two attached hydrogens (primary N) is 1. The Hall–Kier alpha value is -2.16. The molecule has 0 radical (unpaired) electrons. The summed E-state index contributed by atoms with van der Waals surface area (Å²) in [6, 6.07) is 14.1. The normalized spacial score (nSPS) is 10.3. The van der Waals surface area contributed by atoms with E-state index in [9.17, 15) is 0 Å². The smallest absolute Gasteiger partial charge is 0.118 e. The van der Waals surface area contributed by atoms with Crippen molar-refractivity contribution in [1.82, 2.24) is 0 Å². The minimum absolute atomic E-state index is 0.794. The van der Waals surface area contributed by atoms with Gasteiger partial charge in [-0.15, -0.1) is 0 Å². The first-order chi connectivity index (χ1) is 9.10. The van der Waals surface area contributed by atoms with Gasteiger partial charge in [0.1, 0.15) is 5.75 Å². The average Bonchev–Trinajstić information content (AvgIpc) is 2.42. The number of rotatable bonds is 4. The summed E-state index contributed by atoms with van der Waals surface area (Å²) in [6.45, 7) is 2.94. The minimum Gasteiger partial charge on any atom is -0.497 e. The van der Waals surface area contributed by atoms with Gasteiger partial charge in [0.05, 0.1) is 7.11 Å². The topological polar surface area (TPSA) is 38.5 Å². The lowest BCUT2D eigenvalue weighted by Gasteiger charge is -2.22. The highest BCUT2D eigenvalue weighted by molar-refractivity contribution is 5.60. The van der Waals surface area contributed by atoms with Gasteiger partial charge in [-0.2, -0.15) is 0 Å². The molecule has 0 aliphatic heterocycles. The van der Waals surface area contributed by atoms with Gasteiger partial charge in [0, 0.05) is 25.0 Å². The second-order valence-electron chi connectivity index (χ2n) is 4.75. The predicted octanol–water partition coefficient (Wildman–Crippen LogP) is 3.22. The highest BCUT2D eigenvalue weighted by Gasteiger charge is 2.06. The fourth-order valence-corrected chi connectivity index (χ4v) is 2.13. The molecule has 2 N–H and O–H groups in total. The third-order valence-corrected chi connectivity index (χ3v) is 3.22. The van der Waals surface area contributed by atoms with Crippen LogP contribution in [0.2, 0.25) is 0 Å². The third kappa shape index (κ3) is 3.19. The van der Waals surface area contributed by atoms with Crippen molar-refractivity contribution in [2.75, 3.05) is 24.8 Å². The molecule has 0 aliphatic rings. The maximum Gasteiger partial charge on any atom is 0.118 e. The van der Waals surface area contributed by atoms with Gasteiger partial charge in [0.2, 0.25) is 0 Å². The summed E-state index contributed by atoms with van der Waals surface area (Å²) in [7, 11) is 3.75. The first kappa shape index (κ1) is 13.3. The van der Waals surface area contributed by atoms with E-state index < -0.39 is 0 Å². The lowest BCUT2D eigenvalue weighted by atomic mass is 10.1. The van der Waals surface area contributed by atoms with Crippen LogP contribution in [0.5, 0.6) is 5.75 Å². The molecule has 3 heteroatoms. The fraction of sp³-hybridized carbons (Fsp3) is 0.250. The van der Waals surface area contributed by atoms with Gasteiger partial charge >= 0.3 is 0 Å². The molecule has 0 fully saturated rings. The Morgan fingerprint density at radius 2 is 1.79 bits per heavy atom. The maximum absolute atomic E-state index is 5.85.